The minimum absolute atomic E-state index is 0.236. The van der Waals surface area contributed by atoms with Gasteiger partial charge in [-0.25, -0.2) is 5.90 Å². The second-order valence-electron chi connectivity index (χ2n) is 2.60. The third kappa shape index (κ3) is 1.80. The number of rotatable bonds is 3. The van der Waals surface area contributed by atoms with Crippen LogP contribution in [0.4, 0.5) is 0 Å². The summed E-state index contributed by atoms with van der Waals surface area (Å²) >= 11 is 0. The smallest absolute Gasteiger partial charge is 0.0926 e. The SMILES string of the molecule is C=CCN1CCC(ON)C1. The largest absolute Gasteiger partial charge is 0.300 e. The molecule has 1 fully saturated rings. The van der Waals surface area contributed by atoms with Gasteiger partial charge in [-0.05, 0) is 6.42 Å². The van der Waals surface area contributed by atoms with Gasteiger partial charge in [-0.1, -0.05) is 6.08 Å². The Morgan fingerprint density at radius 1 is 1.80 bits per heavy atom. The maximum absolute atomic E-state index is 5.04. The van der Waals surface area contributed by atoms with E-state index in [0.717, 1.165) is 26.1 Å². The Labute approximate surface area is 61.4 Å². The van der Waals surface area contributed by atoms with E-state index in [9.17, 15) is 0 Å². The van der Waals surface area contributed by atoms with E-state index in [1.54, 1.807) is 0 Å². The predicted molar refractivity (Wildman–Crippen MR) is 40.3 cm³/mol. The van der Waals surface area contributed by atoms with Gasteiger partial charge in [-0.2, -0.15) is 0 Å². The molecule has 0 bridgehead atoms. The molecule has 10 heavy (non-hydrogen) atoms. The summed E-state index contributed by atoms with van der Waals surface area (Å²) in [6.45, 7) is 6.63. The molecule has 58 valence electrons. The Kier molecular flexibility index (Phi) is 2.86. The fraction of sp³-hybridized carbons (Fsp3) is 0.714. The van der Waals surface area contributed by atoms with Crippen molar-refractivity contribution in [1.29, 1.82) is 0 Å². The molecule has 0 spiro atoms. The lowest BCUT2D eigenvalue weighted by atomic mass is 10.3. The van der Waals surface area contributed by atoms with Crippen molar-refractivity contribution in [3.8, 4) is 0 Å². The van der Waals surface area contributed by atoms with Crippen molar-refractivity contribution in [2.75, 3.05) is 19.6 Å². The molecule has 3 heteroatoms. The molecular weight excluding hydrogens is 128 g/mol. The Hall–Kier alpha value is -0.380. The zero-order valence-corrected chi connectivity index (χ0v) is 6.12. The molecule has 1 rings (SSSR count). The van der Waals surface area contributed by atoms with Crippen LogP contribution in [-0.4, -0.2) is 30.6 Å². The molecule has 1 heterocycles. The lowest BCUT2D eigenvalue weighted by Crippen LogP contribution is -2.24. The maximum Gasteiger partial charge on any atom is 0.0926 e. The third-order valence-corrected chi connectivity index (χ3v) is 1.81. The first-order valence-electron chi connectivity index (χ1n) is 3.55. The molecule has 1 aliphatic heterocycles. The zero-order chi connectivity index (χ0) is 7.40. The van der Waals surface area contributed by atoms with E-state index in [1.807, 2.05) is 6.08 Å². The molecule has 0 aromatic heterocycles. The highest BCUT2D eigenvalue weighted by Crippen LogP contribution is 2.09. The van der Waals surface area contributed by atoms with Gasteiger partial charge in [0.25, 0.3) is 0 Å². The van der Waals surface area contributed by atoms with Gasteiger partial charge in [0.1, 0.15) is 0 Å². The van der Waals surface area contributed by atoms with Crippen molar-refractivity contribution in [3.63, 3.8) is 0 Å². The molecule has 0 radical (unpaired) electrons. The van der Waals surface area contributed by atoms with E-state index in [1.165, 1.54) is 0 Å². The van der Waals surface area contributed by atoms with Crippen molar-refractivity contribution in [1.82, 2.24) is 4.90 Å². The molecule has 0 aromatic rings. The highest BCUT2D eigenvalue weighted by atomic mass is 16.6. The van der Waals surface area contributed by atoms with Crippen LogP contribution in [0.1, 0.15) is 6.42 Å². The average Bonchev–Trinajstić information content (AvgIpc) is 2.37. The highest BCUT2D eigenvalue weighted by molar-refractivity contribution is 4.81. The molecule has 1 atom stereocenters. The maximum atomic E-state index is 5.04. The van der Waals surface area contributed by atoms with Crippen LogP contribution >= 0.6 is 0 Å². The standard InChI is InChI=1S/C7H14N2O/c1-2-4-9-5-3-7(6-9)10-8/h2,7H,1,3-6,8H2. The molecule has 3 nitrogen and oxygen atoms in total. The van der Waals surface area contributed by atoms with Crippen LogP contribution < -0.4 is 5.90 Å². The fourth-order valence-electron chi connectivity index (χ4n) is 1.26. The molecule has 0 amide bonds. The van der Waals surface area contributed by atoms with E-state index in [2.05, 4.69) is 11.5 Å². The molecule has 2 N–H and O–H groups in total. The van der Waals surface area contributed by atoms with E-state index >= 15 is 0 Å². The molecule has 1 unspecified atom stereocenters. The molecule has 0 aromatic carbocycles. The summed E-state index contributed by atoms with van der Waals surface area (Å²) in [6, 6.07) is 0. The van der Waals surface area contributed by atoms with Gasteiger partial charge in [0, 0.05) is 19.6 Å². The van der Waals surface area contributed by atoms with E-state index in [4.69, 9.17) is 10.7 Å². The minimum atomic E-state index is 0.236. The molecule has 0 aliphatic carbocycles. The van der Waals surface area contributed by atoms with Gasteiger partial charge in [0.15, 0.2) is 0 Å². The van der Waals surface area contributed by atoms with E-state index in [-0.39, 0.29) is 6.10 Å². The third-order valence-electron chi connectivity index (χ3n) is 1.81. The first kappa shape index (κ1) is 7.72. The van der Waals surface area contributed by atoms with Crippen LogP contribution in [-0.2, 0) is 4.84 Å². The monoisotopic (exact) mass is 142 g/mol. The summed E-state index contributed by atoms with van der Waals surface area (Å²) in [5.41, 5.74) is 0. The summed E-state index contributed by atoms with van der Waals surface area (Å²) in [4.78, 5) is 6.98. The Morgan fingerprint density at radius 3 is 3.10 bits per heavy atom. The van der Waals surface area contributed by atoms with Gasteiger partial charge >= 0.3 is 0 Å². The number of nitrogens with two attached hydrogens (primary N) is 1. The van der Waals surface area contributed by atoms with Gasteiger partial charge < -0.3 is 0 Å². The predicted octanol–water partition coefficient (Wildman–Crippen LogP) is 0.137. The number of hydrogen-bond donors (Lipinski definition) is 1. The number of nitrogens with zero attached hydrogens (tertiary/aromatic N) is 1. The quantitative estimate of drug-likeness (QED) is 0.450. The molecule has 1 aliphatic rings. The van der Waals surface area contributed by atoms with Crippen LogP contribution in [0.5, 0.6) is 0 Å². The Morgan fingerprint density at radius 2 is 2.60 bits per heavy atom. The fourth-order valence-corrected chi connectivity index (χ4v) is 1.26. The Bertz CT molecular complexity index is 116. The second-order valence-corrected chi connectivity index (χ2v) is 2.60. The summed E-state index contributed by atoms with van der Waals surface area (Å²) in [5.74, 6) is 5.04. The average molecular weight is 142 g/mol. The van der Waals surface area contributed by atoms with Gasteiger partial charge in [0.05, 0.1) is 6.10 Å². The highest BCUT2D eigenvalue weighted by Gasteiger charge is 2.20. The van der Waals surface area contributed by atoms with Gasteiger partial charge in [-0.3, -0.25) is 9.74 Å². The van der Waals surface area contributed by atoms with Crippen LogP contribution in [0.15, 0.2) is 12.7 Å². The zero-order valence-electron chi connectivity index (χ0n) is 6.12. The first-order chi connectivity index (χ1) is 4.86. The molecular formula is C7H14N2O. The summed E-state index contributed by atoms with van der Waals surface area (Å²) in [7, 11) is 0. The van der Waals surface area contributed by atoms with Crippen molar-refractivity contribution >= 4 is 0 Å². The van der Waals surface area contributed by atoms with Crippen molar-refractivity contribution in [3.05, 3.63) is 12.7 Å². The minimum Gasteiger partial charge on any atom is -0.300 e. The molecule has 0 saturated carbocycles. The van der Waals surface area contributed by atoms with Crippen LogP contribution in [0, 0.1) is 0 Å². The number of hydrogen-bond acceptors (Lipinski definition) is 3. The van der Waals surface area contributed by atoms with Gasteiger partial charge in [-0.15, -0.1) is 6.58 Å². The molecule has 1 saturated heterocycles. The lowest BCUT2D eigenvalue weighted by molar-refractivity contribution is 0.0604. The van der Waals surface area contributed by atoms with Crippen molar-refractivity contribution in [2.24, 2.45) is 5.90 Å². The summed E-state index contributed by atoms with van der Waals surface area (Å²) < 4.78 is 0. The first-order valence-corrected chi connectivity index (χ1v) is 3.55. The lowest BCUT2D eigenvalue weighted by Gasteiger charge is -2.11. The van der Waals surface area contributed by atoms with E-state index < -0.39 is 0 Å². The number of likely N-dealkylation sites (tertiary alicyclic amines) is 1. The van der Waals surface area contributed by atoms with E-state index in [0.29, 0.717) is 0 Å². The van der Waals surface area contributed by atoms with Crippen LogP contribution in [0.3, 0.4) is 0 Å². The van der Waals surface area contributed by atoms with Crippen LogP contribution in [0.2, 0.25) is 0 Å². The normalized spacial score (nSPS) is 27.1. The Balaban J connectivity index is 2.21. The van der Waals surface area contributed by atoms with Crippen molar-refractivity contribution < 1.29 is 4.84 Å². The van der Waals surface area contributed by atoms with Crippen molar-refractivity contribution in [2.45, 2.75) is 12.5 Å². The van der Waals surface area contributed by atoms with Crippen LogP contribution in [0.25, 0.3) is 0 Å². The topological polar surface area (TPSA) is 38.5 Å². The summed E-state index contributed by atoms with van der Waals surface area (Å²) in [5, 5.41) is 0. The van der Waals surface area contributed by atoms with Gasteiger partial charge in [0.2, 0.25) is 0 Å². The summed E-state index contributed by atoms with van der Waals surface area (Å²) in [6.07, 6.45) is 3.18. The second kappa shape index (κ2) is 3.71.